The van der Waals surface area contributed by atoms with Gasteiger partial charge in [-0.25, -0.2) is 0 Å². The Balaban J connectivity index is 0.000000422. The minimum Gasteiger partial charge on any atom is -0.396 e. The molecule has 0 aliphatic rings. The van der Waals surface area contributed by atoms with Crippen molar-refractivity contribution in [3.8, 4) is 0 Å². The van der Waals surface area contributed by atoms with E-state index >= 15 is 0 Å². The number of aliphatic hydroxyl groups excluding tert-OH is 3. The van der Waals surface area contributed by atoms with Crippen LogP contribution in [0.25, 0.3) is 0 Å². The molecule has 0 aromatic heterocycles. The quantitative estimate of drug-likeness (QED) is 0.242. The van der Waals surface area contributed by atoms with Gasteiger partial charge in [0.15, 0.2) is 5.79 Å². The summed E-state index contributed by atoms with van der Waals surface area (Å²) in [6.45, 7) is -0.0161. The Bertz CT molecular complexity index is 400. The van der Waals surface area contributed by atoms with Crippen molar-refractivity contribution in [2.24, 2.45) is 5.41 Å². The second-order valence-corrected chi connectivity index (χ2v) is 5.80. The summed E-state index contributed by atoms with van der Waals surface area (Å²) in [5.41, 5.74) is -0.658. The molecule has 0 amide bonds. The van der Waals surface area contributed by atoms with E-state index in [2.05, 4.69) is 4.52 Å². The van der Waals surface area contributed by atoms with Gasteiger partial charge in [-0.1, -0.05) is 37.3 Å². The van der Waals surface area contributed by atoms with E-state index in [1.165, 1.54) is 0 Å². The molecule has 0 radical (unpaired) electrons. The van der Waals surface area contributed by atoms with Gasteiger partial charge in [-0.3, -0.25) is 0 Å². The molecule has 0 saturated carbocycles. The van der Waals surface area contributed by atoms with Crippen LogP contribution in [0, 0.1) is 5.41 Å². The van der Waals surface area contributed by atoms with E-state index in [1.807, 2.05) is 6.07 Å². The van der Waals surface area contributed by atoms with Crippen LogP contribution in [-0.2, 0) is 10.3 Å². The monoisotopic (exact) mass is 352 g/mol. The highest BCUT2D eigenvalue weighted by molar-refractivity contribution is 7.39. The summed E-state index contributed by atoms with van der Waals surface area (Å²) in [5.74, 6) is -1.67. The van der Waals surface area contributed by atoms with Gasteiger partial charge < -0.3 is 39.8 Å². The molecule has 0 atom stereocenters. The van der Waals surface area contributed by atoms with Crippen LogP contribution in [0.5, 0.6) is 0 Å². The average molecular weight is 352 g/mol. The lowest BCUT2D eigenvalue weighted by Crippen LogP contribution is -2.38. The van der Waals surface area contributed by atoms with Gasteiger partial charge in [0.05, 0.1) is 31.8 Å². The van der Waals surface area contributed by atoms with Crippen LogP contribution in [0.4, 0.5) is 0 Å². The van der Waals surface area contributed by atoms with E-state index < -0.39 is 39.6 Å². The first kappa shape index (κ1) is 22.3. The van der Waals surface area contributed by atoms with E-state index in [0.717, 1.165) is 0 Å². The minimum atomic E-state index is -2.52. The van der Waals surface area contributed by atoms with Crippen molar-refractivity contribution in [1.82, 2.24) is 0 Å². The van der Waals surface area contributed by atoms with Crippen LogP contribution in [0.15, 0.2) is 30.3 Å². The molecular formula is C14H25O8P. The zero-order valence-electron chi connectivity index (χ0n) is 12.9. The Morgan fingerprint density at radius 3 is 1.78 bits per heavy atom. The number of rotatable bonds is 8. The second-order valence-electron chi connectivity index (χ2n) is 5.04. The lowest BCUT2D eigenvalue weighted by Gasteiger charge is -2.26. The Hall–Kier alpha value is -0.670. The van der Waals surface area contributed by atoms with Crippen LogP contribution in [0.2, 0.25) is 0 Å². The molecule has 0 bridgehead atoms. The number of hydrogen-bond donors (Lipinski definition) is 7. The van der Waals surface area contributed by atoms with Crippen molar-refractivity contribution < 1.29 is 39.8 Å². The Kier molecular flexibility index (Phi) is 10.7. The maximum Gasteiger partial charge on any atom is 0.327 e. The van der Waals surface area contributed by atoms with E-state index in [-0.39, 0.29) is 6.61 Å². The summed E-state index contributed by atoms with van der Waals surface area (Å²) < 4.78 is 4.38. The lowest BCUT2D eigenvalue weighted by atomic mass is 9.93. The molecule has 7 N–H and O–H groups in total. The molecule has 9 heteroatoms. The van der Waals surface area contributed by atoms with Crippen LogP contribution >= 0.6 is 8.60 Å². The molecule has 0 heterocycles. The molecule has 0 aliphatic carbocycles. The highest BCUT2D eigenvalue weighted by Gasteiger charge is 2.29. The molecule has 1 rings (SSSR count). The van der Waals surface area contributed by atoms with Crippen LogP contribution in [0.1, 0.15) is 18.9 Å². The zero-order valence-corrected chi connectivity index (χ0v) is 13.8. The Morgan fingerprint density at radius 1 is 0.957 bits per heavy atom. The average Bonchev–Trinajstić information content (AvgIpc) is 2.58. The van der Waals surface area contributed by atoms with E-state index in [1.54, 1.807) is 31.2 Å². The summed E-state index contributed by atoms with van der Waals surface area (Å²) in [5, 5.41) is 44.9. The summed E-state index contributed by atoms with van der Waals surface area (Å²) >= 11 is 0. The SMILES string of the molecule is CCC(O)(O)c1ccccc1.OCC(CO)(CO)COP(O)O. The molecule has 134 valence electrons. The van der Waals surface area contributed by atoms with Gasteiger partial charge in [0.25, 0.3) is 0 Å². The van der Waals surface area contributed by atoms with E-state index in [4.69, 9.17) is 25.1 Å². The minimum absolute atomic E-state index is 0.296. The number of benzene rings is 1. The Labute approximate surface area is 136 Å². The summed E-state index contributed by atoms with van der Waals surface area (Å²) in [4.78, 5) is 16.7. The van der Waals surface area contributed by atoms with Crippen molar-refractivity contribution in [3.05, 3.63) is 35.9 Å². The Morgan fingerprint density at radius 2 is 1.43 bits per heavy atom. The molecule has 0 aliphatic heterocycles. The third-order valence-electron chi connectivity index (χ3n) is 3.22. The summed E-state index contributed by atoms with van der Waals surface area (Å²) in [6, 6.07) is 8.81. The highest BCUT2D eigenvalue weighted by atomic mass is 31.2. The standard InChI is InChI=1S/C9H12O2.C5H13O6P/c1-2-9(10,11)8-6-4-3-5-7-8;6-1-5(2-7,3-8)4-11-12(9)10/h3-7,10-11H,2H2,1H3;6-10H,1-4H2. The van der Waals surface area contributed by atoms with Gasteiger partial charge in [0, 0.05) is 12.0 Å². The third-order valence-corrected chi connectivity index (χ3v) is 3.58. The molecule has 0 fully saturated rings. The third kappa shape index (κ3) is 8.12. The fraction of sp³-hybridized carbons (Fsp3) is 0.571. The van der Waals surface area contributed by atoms with Crippen LogP contribution in [-0.4, -0.2) is 61.7 Å². The fourth-order valence-corrected chi connectivity index (χ4v) is 1.78. The molecule has 1 aromatic carbocycles. The largest absolute Gasteiger partial charge is 0.396 e. The van der Waals surface area contributed by atoms with Gasteiger partial charge in [-0.05, 0) is 0 Å². The van der Waals surface area contributed by atoms with Gasteiger partial charge in [0.1, 0.15) is 0 Å². The molecule has 23 heavy (non-hydrogen) atoms. The molecule has 0 unspecified atom stereocenters. The van der Waals surface area contributed by atoms with Crippen LogP contribution < -0.4 is 0 Å². The maximum atomic E-state index is 9.35. The van der Waals surface area contributed by atoms with Crippen molar-refractivity contribution in [1.29, 1.82) is 0 Å². The van der Waals surface area contributed by atoms with Gasteiger partial charge >= 0.3 is 8.60 Å². The van der Waals surface area contributed by atoms with Gasteiger partial charge in [-0.15, -0.1) is 0 Å². The van der Waals surface area contributed by atoms with Crippen molar-refractivity contribution in [3.63, 3.8) is 0 Å². The molecule has 0 saturated heterocycles. The molecular weight excluding hydrogens is 327 g/mol. The van der Waals surface area contributed by atoms with E-state index in [9.17, 15) is 10.2 Å². The van der Waals surface area contributed by atoms with Crippen LogP contribution in [0.3, 0.4) is 0 Å². The highest BCUT2D eigenvalue weighted by Crippen LogP contribution is 2.28. The first-order valence-electron chi connectivity index (χ1n) is 6.90. The van der Waals surface area contributed by atoms with Gasteiger partial charge in [-0.2, -0.15) is 0 Å². The van der Waals surface area contributed by atoms with Crippen molar-refractivity contribution in [2.45, 2.75) is 19.1 Å². The van der Waals surface area contributed by atoms with E-state index in [0.29, 0.717) is 12.0 Å². The summed E-state index contributed by atoms with van der Waals surface area (Å²) in [6.07, 6.45) is 0.303. The topological polar surface area (TPSA) is 151 Å². The number of hydrogen-bond acceptors (Lipinski definition) is 8. The predicted molar refractivity (Wildman–Crippen MR) is 83.8 cm³/mol. The normalized spacial score (nSPS) is 12.0. The number of aliphatic hydroxyl groups is 5. The zero-order chi connectivity index (χ0) is 17.9. The lowest BCUT2D eigenvalue weighted by molar-refractivity contribution is -0.171. The first-order valence-corrected chi connectivity index (χ1v) is 8.07. The molecule has 8 nitrogen and oxygen atoms in total. The van der Waals surface area contributed by atoms with Crippen molar-refractivity contribution in [2.75, 3.05) is 26.4 Å². The first-order chi connectivity index (χ1) is 10.8. The predicted octanol–water partition coefficient (Wildman–Crippen LogP) is -0.588. The van der Waals surface area contributed by atoms with Gasteiger partial charge in [0.2, 0.25) is 0 Å². The summed E-state index contributed by atoms with van der Waals surface area (Å²) in [7, 11) is -2.52. The van der Waals surface area contributed by atoms with Crippen molar-refractivity contribution >= 4 is 8.60 Å². The maximum absolute atomic E-state index is 9.35. The molecule has 1 aromatic rings. The molecule has 0 spiro atoms. The fourth-order valence-electron chi connectivity index (χ4n) is 1.39. The second kappa shape index (κ2) is 11.0. The smallest absolute Gasteiger partial charge is 0.327 e.